The molecule has 0 bridgehead atoms. The van der Waals surface area contributed by atoms with E-state index in [9.17, 15) is 4.79 Å². The van der Waals surface area contributed by atoms with Crippen LogP contribution in [0.5, 0.6) is 0 Å². The highest BCUT2D eigenvalue weighted by Gasteiger charge is 2.32. The van der Waals surface area contributed by atoms with Crippen LogP contribution in [0.15, 0.2) is 30.5 Å². The molecule has 1 unspecified atom stereocenters. The van der Waals surface area contributed by atoms with Gasteiger partial charge in [-0.15, -0.1) is 0 Å². The lowest BCUT2D eigenvalue weighted by Crippen LogP contribution is -2.32. The zero-order valence-corrected chi connectivity index (χ0v) is 13.4. The number of nitrogens with two attached hydrogens (primary N) is 1. The topological polar surface area (TPSA) is 85.0 Å². The molecular formula is C17H21N5O. The Labute approximate surface area is 135 Å². The Morgan fingerprint density at radius 1 is 1.35 bits per heavy atom. The number of pyridine rings is 1. The summed E-state index contributed by atoms with van der Waals surface area (Å²) in [4.78, 5) is 27.5. The standard InChI is InChI=1S/C17H21N5O/c1-11(2)13-10-14(21-17(18)20-13)16(23)22-9-5-7-15(22)12-6-3-4-8-19-12/h3-4,6,8,10-11,15H,5,7,9H2,1-2H3,(H2,18,20,21). The first kappa shape index (κ1) is 15.4. The summed E-state index contributed by atoms with van der Waals surface area (Å²) in [6, 6.07) is 7.54. The number of hydrogen-bond acceptors (Lipinski definition) is 5. The molecule has 0 radical (unpaired) electrons. The van der Waals surface area contributed by atoms with E-state index >= 15 is 0 Å². The smallest absolute Gasteiger partial charge is 0.273 e. The van der Waals surface area contributed by atoms with E-state index < -0.39 is 0 Å². The summed E-state index contributed by atoms with van der Waals surface area (Å²) >= 11 is 0. The van der Waals surface area contributed by atoms with Gasteiger partial charge in [0.1, 0.15) is 5.69 Å². The van der Waals surface area contributed by atoms with Crippen LogP contribution in [0.25, 0.3) is 0 Å². The van der Waals surface area contributed by atoms with Crippen molar-refractivity contribution in [2.75, 3.05) is 12.3 Å². The molecule has 6 nitrogen and oxygen atoms in total. The van der Waals surface area contributed by atoms with Crippen molar-refractivity contribution in [2.45, 2.75) is 38.6 Å². The Bertz CT molecular complexity index is 701. The average molecular weight is 311 g/mol. The van der Waals surface area contributed by atoms with E-state index in [1.54, 1.807) is 12.3 Å². The number of nitrogens with zero attached hydrogens (tertiary/aromatic N) is 4. The molecule has 3 rings (SSSR count). The molecule has 1 aliphatic heterocycles. The lowest BCUT2D eigenvalue weighted by molar-refractivity contribution is 0.0726. The van der Waals surface area contributed by atoms with Crippen molar-refractivity contribution in [2.24, 2.45) is 0 Å². The summed E-state index contributed by atoms with van der Waals surface area (Å²) in [5, 5.41) is 0. The highest BCUT2D eigenvalue weighted by molar-refractivity contribution is 5.93. The van der Waals surface area contributed by atoms with Gasteiger partial charge in [0, 0.05) is 18.4 Å². The minimum atomic E-state index is -0.103. The van der Waals surface area contributed by atoms with Gasteiger partial charge in [0.05, 0.1) is 11.7 Å². The van der Waals surface area contributed by atoms with Gasteiger partial charge in [0.15, 0.2) is 0 Å². The second-order valence-corrected chi connectivity index (χ2v) is 6.10. The van der Waals surface area contributed by atoms with Crippen molar-refractivity contribution < 1.29 is 4.79 Å². The van der Waals surface area contributed by atoms with Crippen molar-refractivity contribution in [3.8, 4) is 0 Å². The lowest BCUT2D eigenvalue weighted by Gasteiger charge is -2.24. The summed E-state index contributed by atoms with van der Waals surface area (Å²) in [5.41, 5.74) is 7.85. The number of carbonyl (C=O) groups excluding carboxylic acids is 1. The highest BCUT2D eigenvalue weighted by atomic mass is 16.2. The maximum atomic E-state index is 12.9. The first-order chi connectivity index (χ1) is 11.1. The van der Waals surface area contributed by atoms with Crippen LogP contribution >= 0.6 is 0 Å². The van der Waals surface area contributed by atoms with E-state index in [2.05, 4.69) is 15.0 Å². The van der Waals surface area contributed by atoms with Crippen LogP contribution in [0.1, 0.15) is 60.5 Å². The van der Waals surface area contributed by atoms with E-state index in [1.807, 2.05) is 36.9 Å². The number of anilines is 1. The van der Waals surface area contributed by atoms with Crippen LogP contribution in [0.3, 0.4) is 0 Å². The molecular weight excluding hydrogens is 290 g/mol. The number of likely N-dealkylation sites (tertiary alicyclic amines) is 1. The second-order valence-electron chi connectivity index (χ2n) is 6.10. The molecule has 1 aliphatic rings. The molecule has 3 heterocycles. The van der Waals surface area contributed by atoms with Crippen LogP contribution in [0, 0.1) is 0 Å². The van der Waals surface area contributed by atoms with Crippen LogP contribution in [0.4, 0.5) is 5.95 Å². The minimum Gasteiger partial charge on any atom is -0.368 e. The molecule has 6 heteroatoms. The third-order valence-corrected chi connectivity index (χ3v) is 4.12. The number of amides is 1. The maximum absolute atomic E-state index is 12.9. The molecule has 0 spiro atoms. The predicted octanol–water partition coefficient (Wildman–Crippen LogP) is 2.55. The number of nitrogen functional groups attached to an aromatic ring is 1. The van der Waals surface area contributed by atoms with Gasteiger partial charge in [-0.05, 0) is 37.0 Å². The SMILES string of the molecule is CC(C)c1cc(C(=O)N2CCCC2c2ccccn2)nc(N)n1. The van der Waals surface area contributed by atoms with Crippen LogP contribution in [0.2, 0.25) is 0 Å². The maximum Gasteiger partial charge on any atom is 0.273 e. The molecule has 0 aliphatic carbocycles. The number of carbonyl (C=O) groups is 1. The predicted molar refractivity (Wildman–Crippen MR) is 87.8 cm³/mol. The molecule has 1 fully saturated rings. The third-order valence-electron chi connectivity index (χ3n) is 4.12. The minimum absolute atomic E-state index is 0.00221. The average Bonchev–Trinajstić information content (AvgIpc) is 3.04. The van der Waals surface area contributed by atoms with Gasteiger partial charge in [-0.2, -0.15) is 0 Å². The van der Waals surface area contributed by atoms with Gasteiger partial charge in [-0.25, -0.2) is 9.97 Å². The fourth-order valence-electron chi connectivity index (χ4n) is 2.93. The number of hydrogen-bond donors (Lipinski definition) is 1. The van der Waals surface area contributed by atoms with Gasteiger partial charge >= 0.3 is 0 Å². The van der Waals surface area contributed by atoms with E-state index in [0.29, 0.717) is 12.2 Å². The number of rotatable bonds is 3. The van der Waals surface area contributed by atoms with Gasteiger partial charge in [-0.1, -0.05) is 19.9 Å². The lowest BCUT2D eigenvalue weighted by atomic mass is 10.1. The van der Waals surface area contributed by atoms with Crippen molar-refractivity contribution in [1.29, 1.82) is 0 Å². The first-order valence-corrected chi connectivity index (χ1v) is 7.92. The van der Waals surface area contributed by atoms with Gasteiger partial charge in [0.2, 0.25) is 5.95 Å². The molecule has 1 amide bonds. The fraction of sp³-hybridized carbons (Fsp3) is 0.412. The Balaban J connectivity index is 1.90. The Kier molecular flexibility index (Phi) is 4.23. The van der Waals surface area contributed by atoms with Crippen LogP contribution < -0.4 is 5.73 Å². The molecule has 0 aromatic carbocycles. The summed E-state index contributed by atoms with van der Waals surface area (Å²) in [5.74, 6) is 0.235. The largest absolute Gasteiger partial charge is 0.368 e. The first-order valence-electron chi connectivity index (χ1n) is 7.92. The zero-order chi connectivity index (χ0) is 16.4. The van der Waals surface area contributed by atoms with E-state index in [0.717, 1.165) is 24.2 Å². The molecule has 2 aromatic rings. The Morgan fingerprint density at radius 3 is 2.87 bits per heavy atom. The summed E-state index contributed by atoms with van der Waals surface area (Å²) in [7, 11) is 0. The molecule has 2 aromatic heterocycles. The number of aromatic nitrogens is 3. The summed E-state index contributed by atoms with van der Waals surface area (Å²) in [6.45, 7) is 4.74. The van der Waals surface area contributed by atoms with E-state index in [-0.39, 0.29) is 23.8 Å². The fourth-order valence-corrected chi connectivity index (χ4v) is 2.93. The highest BCUT2D eigenvalue weighted by Crippen LogP contribution is 2.31. The van der Waals surface area contributed by atoms with Gasteiger partial charge in [-0.3, -0.25) is 9.78 Å². The van der Waals surface area contributed by atoms with Crippen LogP contribution in [-0.2, 0) is 0 Å². The van der Waals surface area contributed by atoms with E-state index in [4.69, 9.17) is 5.73 Å². The van der Waals surface area contributed by atoms with Crippen molar-refractivity contribution in [3.63, 3.8) is 0 Å². The summed E-state index contributed by atoms with van der Waals surface area (Å²) < 4.78 is 0. The second kappa shape index (κ2) is 6.32. The Hall–Kier alpha value is -2.50. The molecule has 1 atom stereocenters. The third kappa shape index (κ3) is 3.16. The molecule has 1 saturated heterocycles. The van der Waals surface area contributed by atoms with Gasteiger partial charge in [0.25, 0.3) is 5.91 Å². The normalized spacial score (nSPS) is 17.7. The molecule has 2 N–H and O–H groups in total. The Morgan fingerprint density at radius 2 is 2.17 bits per heavy atom. The molecule has 0 saturated carbocycles. The van der Waals surface area contributed by atoms with Crippen molar-refractivity contribution in [3.05, 3.63) is 47.5 Å². The summed E-state index contributed by atoms with van der Waals surface area (Å²) in [6.07, 6.45) is 3.64. The monoisotopic (exact) mass is 311 g/mol. The zero-order valence-electron chi connectivity index (χ0n) is 13.4. The van der Waals surface area contributed by atoms with Crippen molar-refractivity contribution in [1.82, 2.24) is 19.9 Å². The molecule has 120 valence electrons. The quantitative estimate of drug-likeness (QED) is 0.941. The van der Waals surface area contributed by atoms with Gasteiger partial charge < -0.3 is 10.6 Å². The van der Waals surface area contributed by atoms with E-state index in [1.165, 1.54) is 0 Å². The van der Waals surface area contributed by atoms with Crippen LogP contribution in [-0.4, -0.2) is 32.3 Å². The van der Waals surface area contributed by atoms with Crippen molar-refractivity contribution >= 4 is 11.9 Å². The molecule has 23 heavy (non-hydrogen) atoms.